The van der Waals surface area contributed by atoms with Crippen molar-refractivity contribution >= 4 is 11.8 Å². The Morgan fingerprint density at radius 1 is 0.958 bits per heavy atom. The molecule has 0 heterocycles. The standard InChI is InChI=1S/C19H22N2O3/c1-2-17(24-16-11-7-4-8-12-16)19(23)21-20-18(22)14-13-15-9-5-3-6-10-15/h3-12,17H,2,13-14H2,1H3,(H,20,22)(H,21,23). The highest BCUT2D eigenvalue weighted by atomic mass is 16.5. The summed E-state index contributed by atoms with van der Waals surface area (Å²) in [7, 11) is 0. The van der Waals surface area contributed by atoms with Gasteiger partial charge in [-0.15, -0.1) is 0 Å². The van der Waals surface area contributed by atoms with Crippen molar-refractivity contribution in [3.8, 4) is 5.75 Å². The van der Waals surface area contributed by atoms with Crippen molar-refractivity contribution in [2.75, 3.05) is 0 Å². The summed E-state index contributed by atoms with van der Waals surface area (Å²) in [5, 5.41) is 0. The van der Waals surface area contributed by atoms with Crippen molar-refractivity contribution in [3.05, 3.63) is 66.2 Å². The highest BCUT2D eigenvalue weighted by molar-refractivity contribution is 5.84. The molecule has 0 aliphatic heterocycles. The van der Waals surface area contributed by atoms with Gasteiger partial charge < -0.3 is 4.74 Å². The molecule has 2 rings (SSSR count). The fourth-order valence-electron chi connectivity index (χ4n) is 2.16. The quantitative estimate of drug-likeness (QED) is 0.769. The largest absolute Gasteiger partial charge is 0.481 e. The molecule has 2 N–H and O–H groups in total. The van der Waals surface area contributed by atoms with Crippen LogP contribution in [0.5, 0.6) is 5.75 Å². The van der Waals surface area contributed by atoms with Gasteiger partial charge in [-0.25, -0.2) is 0 Å². The van der Waals surface area contributed by atoms with Gasteiger partial charge in [0.2, 0.25) is 5.91 Å². The van der Waals surface area contributed by atoms with Crippen LogP contribution in [0.3, 0.4) is 0 Å². The number of aryl methyl sites for hydroxylation is 1. The Morgan fingerprint density at radius 2 is 1.58 bits per heavy atom. The fourth-order valence-corrected chi connectivity index (χ4v) is 2.16. The Morgan fingerprint density at radius 3 is 2.21 bits per heavy atom. The first kappa shape index (κ1) is 17.5. The molecule has 1 unspecified atom stereocenters. The Kier molecular flexibility index (Phi) is 6.83. The fraction of sp³-hybridized carbons (Fsp3) is 0.263. The van der Waals surface area contributed by atoms with Crippen LogP contribution in [0.15, 0.2) is 60.7 Å². The molecule has 0 aromatic heterocycles. The van der Waals surface area contributed by atoms with E-state index in [1.807, 2.05) is 55.5 Å². The molecule has 5 heteroatoms. The normalized spacial score (nSPS) is 11.4. The second-order valence-corrected chi connectivity index (χ2v) is 5.35. The first-order valence-corrected chi connectivity index (χ1v) is 8.03. The third-order valence-corrected chi connectivity index (χ3v) is 3.49. The average Bonchev–Trinajstić information content (AvgIpc) is 2.64. The number of hydrazine groups is 1. The van der Waals surface area contributed by atoms with Gasteiger partial charge in [-0.2, -0.15) is 0 Å². The molecule has 0 saturated heterocycles. The number of rotatable bonds is 7. The molecule has 2 aromatic carbocycles. The predicted molar refractivity (Wildman–Crippen MR) is 92.2 cm³/mol. The number of carbonyl (C=O) groups is 2. The van der Waals surface area contributed by atoms with Crippen molar-refractivity contribution < 1.29 is 14.3 Å². The van der Waals surface area contributed by atoms with Gasteiger partial charge in [0.05, 0.1) is 0 Å². The Hall–Kier alpha value is -2.82. The van der Waals surface area contributed by atoms with Crippen LogP contribution in [0.25, 0.3) is 0 Å². The second kappa shape index (κ2) is 9.35. The minimum absolute atomic E-state index is 0.234. The molecule has 0 saturated carbocycles. The lowest BCUT2D eigenvalue weighted by Gasteiger charge is -2.17. The number of amides is 2. The monoisotopic (exact) mass is 326 g/mol. The molecule has 0 bridgehead atoms. The topological polar surface area (TPSA) is 67.4 Å². The number of hydrogen-bond donors (Lipinski definition) is 2. The number of carbonyl (C=O) groups excluding carboxylic acids is 2. The van der Waals surface area contributed by atoms with Crippen LogP contribution in [0.2, 0.25) is 0 Å². The van der Waals surface area contributed by atoms with Gasteiger partial charge >= 0.3 is 0 Å². The lowest BCUT2D eigenvalue weighted by Crippen LogP contribution is -2.48. The molecule has 1 atom stereocenters. The van der Waals surface area contributed by atoms with Gasteiger partial charge in [0.25, 0.3) is 5.91 Å². The zero-order chi connectivity index (χ0) is 17.2. The third kappa shape index (κ3) is 5.76. The van der Waals surface area contributed by atoms with Crippen LogP contribution < -0.4 is 15.6 Å². The van der Waals surface area contributed by atoms with Crippen molar-refractivity contribution in [3.63, 3.8) is 0 Å². The van der Waals surface area contributed by atoms with Gasteiger partial charge in [-0.3, -0.25) is 20.4 Å². The summed E-state index contributed by atoms with van der Waals surface area (Å²) in [5.74, 6) is 0.0195. The summed E-state index contributed by atoms with van der Waals surface area (Å²) in [6, 6.07) is 18.9. The van der Waals surface area contributed by atoms with Crippen molar-refractivity contribution in [1.29, 1.82) is 0 Å². The van der Waals surface area contributed by atoms with E-state index in [1.54, 1.807) is 12.1 Å². The Labute approximate surface area is 142 Å². The molecule has 0 aliphatic carbocycles. The van der Waals surface area contributed by atoms with Gasteiger partial charge in [-0.1, -0.05) is 55.5 Å². The van der Waals surface area contributed by atoms with Crippen LogP contribution in [-0.4, -0.2) is 17.9 Å². The average molecular weight is 326 g/mol. The highest BCUT2D eigenvalue weighted by Crippen LogP contribution is 2.12. The van der Waals surface area contributed by atoms with Crippen LogP contribution in [-0.2, 0) is 16.0 Å². The van der Waals surface area contributed by atoms with E-state index < -0.39 is 6.10 Å². The van der Waals surface area contributed by atoms with Crippen LogP contribution in [0.4, 0.5) is 0 Å². The first-order valence-electron chi connectivity index (χ1n) is 8.03. The molecule has 2 aromatic rings. The maximum atomic E-state index is 12.1. The van der Waals surface area contributed by atoms with E-state index in [0.717, 1.165) is 5.56 Å². The molecule has 5 nitrogen and oxygen atoms in total. The smallest absolute Gasteiger partial charge is 0.279 e. The number of hydrogen-bond acceptors (Lipinski definition) is 3. The molecular formula is C19H22N2O3. The van der Waals surface area contributed by atoms with Gasteiger partial charge in [0.1, 0.15) is 5.75 Å². The lowest BCUT2D eigenvalue weighted by molar-refractivity contribution is -0.133. The first-order chi connectivity index (χ1) is 11.7. The highest BCUT2D eigenvalue weighted by Gasteiger charge is 2.18. The summed E-state index contributed by atoms with van der Waals surface area (Å²) in [6.45, 7) is 1.85. The van der Waals surface area contributed by atoms with E-state index in [0.29, 0.717) is 25.0 Å². The maximum Gasteiger partial charge on any atom is 0.279 e. The SMILES string of the molecule is CCC(Oc1ccccc1)C(=O)NNC(=O)CCc1ccccc1. The second-order valence-electron chi connectivity index (χ2n) is 5.35. The minimum atomic E-state index is -0.651. The van der Waals surface area contributed by atoms with Gasteiger partial charge in [0.15, 0.2) is 6.10 Å². The zero-order valence-corrected chi connectivity index (χ0v) is 13.7. The van der Waals surface area contributed by atoms with E-state index in [1.165, 1.54) is 0 Å². The molecule has 24 heavy (non-hydrogen) atoms. The number of para-hydroxylation sites is 1. The minimum Gasteiger partial charge on any atom is -0.481 e. The predicted octanol–water partition coefficient (Wildman–Crippen LogP) is 2.62. The summed E-state index contributed by atoms with van der Waals surface area (Å²) in [5.41, 5.74) is 5.94. The summed E-state index contributed by atoms with van der Waals surface area (Å²) < 4.78 is 5.62. The molecule has 0 aliphatic rings. The van der Waals surface area contributed by atoms with Crippen LogP contribution in [0.1, 0.15) is 25.3 Å². The maximum absolute atomic E-state index is 12.1. The van der Waals surface area contributed by atoms with Crippen molar-refractivity contribution in [2.24, 2.45) is 0 Å². The van der Waals surface area contributed by atoms with Crippen molar-refractivity contribution in [1.82, 2.24) is 10.9 Å². The third-order valence-electron chi connectivity index (χ3n) is 3.49. The van der Waals surface area contributed by atoms with E-state index in [-0.39, 0.29) is 11.8 Å². The van der Waals surface area contributed by atoms with Crippen molar-refractivity contribution in [2.45, 2.75) is 32.3 Å². The summed E-state index contributed by atoms with van der Waals surface area (Å²) in [6.07, 6.45) is 0.781. The Bertz CT molecular complexity index is 644. The lowest BCUT2D eigenvalue weighted by atomic mass is 10.1. The number of nitrogens with one attached hydrogen (secondary N) is 2. The molecule has 2 amide bonds. The number of benzene rings is 2. The Balaban J connectivity index is 1.75. The zero-order valence-electron chi connectivity index (χ0n) is 13.7. The van der Waals surface area contributed by atoms with Gasteiger partial charge in [-0.05, 0) is 30.5 Å². The summed E-state index contributed by atoms with van der Waals surface area (Å²) in [4.78, 5) is 23.9. The molecule has 0 fully saturated rings. The van der Waals surface area contributed by atoms with E-state index >= 15 is 0 Å². The molecule has 0 radical (unpaired) electrons. The van der Waals surface area contributed by atoms with E-state index in [4.69, 9.17) is 4.74 Å². The van der Waals surface area contributed by atoms with E-state index in [9.17, 15) is 9.59 Å². The molecule has 0 spiro atoms. The summed E-state index contributed by atoms with van der Waals surface area (Å²) >= 11 is 0. The number of ether oxygens (including phenoxy) is 1. The van der Waals surface area contributed by atoms with Crippen LogP contribution in [0, 0.1) is 0 Å². The van der Waals surface area contributed by atoms with Crippen LogP contribution >= 0.6 is 0 Å². The van der Waals surface area contributed by atoms with Gasteiger partial charge in [0, 0.05) is 6.42 Å². The molecular weight excluding hydrogens is 304 g/mol. The molecule has 126 valence electrons. The van der Waals surface area contributed by atoms with E-state index in [2.05, 4.69) is 10.9 Å².